The predicted octanol–water partition coefficient (Wildman–Crippen LogP) is 5.10. The molecule has 0 radical (unpaired) electrons. The number of para-hydroxylation sites is 1. The van der Waals surface area contributed by atoms with Gasteiger partial charge in [0, 0.05) is 23.4 Å². The minimum atomic E-state index is -0.260. The number of thiocarbonyl (C=S) groups is 1. The van der Waals surface area contributed by atoms with Crippen molar-refractivity contribution in [3.8, 4) is 11.5 Å². The third kappa shape index (κ3) is 3.97. The summed E-state index contributed by atoms with van der Waals surface area (Å²) in [6.07, 6.45) is 0. The fourth-order valence-corrected chi connectivity index (χ4v) is 4.19. The highest BCUT2D eigenvalue weighted by Crippen LogP contribution is 2.36. The minimum absolute atomic E-state index is 0.169. The number of hydrogen-bond donors (Lipinski definition) is 2. The number of aliphatic imine (C=N–C) groups is 1. The molecule has 0 atom stereocenters. The maximum absolute atomic E-state index is 13.4. The number of carbonyl (C=O) groups is 1. The van der Waals surface area contributed by atoms with Gasteiger partial charge < -0.3 is 15.2 Å². The van der Waals surface area contributed by atoms with Crippen LogP contribution < -0.4 is 15.0 Å². The van der Waals surface area contributed by atoms with Crippen LogP contribution in [0.3, 0.4) is 0 Å². The predicted molar refractivity (Wildman–Crippen MR) is 138 cm³/mol. The molecular formula is C27H21N3O3S. The summed E-state index contributed by atoms with van der Waals surface area (Å²) in [6, 6.07) is 26.2. The van der Waals surface area contributed by atoms with E-state index in [9.17, 15) is 9.90 Å². The standard InChI is InChI=1S/C27H21N3O3S/c1-33-21-12-10-20(11-13-21)30-23-9-5-4-8-22(23)25(26(30)32)29-27(34)28-16-19-14-17-6-2-3-7-18(17)15-24(19)31/h2-15,31H,16H2,1H3,(H,28,34)/b29-25+. The molecule has 0 unspecified atom stereocenters. The molecule has 0 spiro atoms. The number of rotatable bonds is 4. The number of fused-ring (bicyclic) bond motifs is 2. The Balaban J connectivity index is 1.40. The van der Waals surface area contributed by atoms with Crippen molar-refractivity contribution >= 4 is 51.1 Å². The molecule has 5 rings (SSSR count). The normalized spacial score (nSPS) is 13.9. The highest BCUT2D eigenvalue weighted by molar-refractivity contribution is 7.80. The first-order valence-electron chi connectivity index (χ1n) is 10.7. The second-order valence-corrected chi connectivity index (χ2v) is 8.19. The van der Waals surface area contributed by atoms with E-state index in [1.54, 1.807) is 18.1 Å². The van der Waals surface area contributed by atoms with Gasteiger partial charge in [-0.3, -0.25) is 9.69 Å². The van der Waals surface area contributed by atoms with Gasteiger partial charge in [-0.05, 0) is 65.5 Å². The van der Waals surface area contributed by atoms with Crippen molar-refractivity contribution < 1.29 is 14.6 Å². The van der Waals surface area contributed by atoms with Gasteiger partial charge in [0.2, 0.25) is 0 Å². The zero-order chi connectivity index (χ0) is 23.7. The summed E-state index contributed by atoms with van der Waals surface area (Å²) in [6.45, 7) is 0.282. The number of nitrogens with zero attached hydrogens (tertiary/aromatic N) is 2. The molecule has 4 aromatic rings. The number of aromatic hydroxyl groups is 1. The van der Waals surface area contributed by atoms with Crippen LogP contribution in [0.4, 0.5) is 11.4 Å². The summed E-state index contributed by atoms with van der Waals surface area (Å²) >= 11 is 5.43. The molecule has 4 aromatic carbocycles. The Bertz CT molecular complexity index is 1450. The number of anilines is 2. The molecule has 0 aliphatic carbocycles. The number of nitrogens with one attached hydrogen (secondary N) is 1. The van der Waals surface area contributed by atoms with Gasteiger partial charge >= 0.3 is 0 Å². The number of ether oxygens (including phenoxy) is 1. The van der Waals surface area contributed by atoms with Crippen molar-refractivity contribution in [1.29, 1.82) is 0 Å². The van der Waals surface area contributed by atoms with Crippen molar-refractivity contribution in [3.05, 3.63) is 96.1 Å². The van der Waals surface area contributed by atoms with Gasteiger partial charge in [-0.1, -0.05) is 42.5 Å². The Morgan fingerprint density at radius 1 is 1.00 bits per heavy atom. The zero-order valence-electron chi connectivity index (χ0n) is 18.4. The molecule has 0 saturated carbocycles. The maximum atomic E-state index is 13.4. The Morgan fingerprint density at radius 2 is 1.68 bits per heavy atom. The summed E-state index contributed by atoms with van der Waals surface area (Å²) < 4.78 is 5.23. The van der Waals surface area contributed by atoms with Gasteiger partial charge in [0.15, 0.2) is 5.11 Å². The van der Waals surface area contributed by atoms with Crippen LogP contribution in [0.2, 0.25) is 0 Å². The molecule has 1 amide bonds. The maximum Gasteiger partial charge on any atom is 0.282 e. The SMILES string of the molecule is COc1ccc(N2C(=O)/C(=N/C(=S)NCc3cc4ccccc4cc3O)c3ccccc32)cc1. The smallest absolute Gasteiger partial charge is 0.282 e. The van der Waals surface area contributed by atoms with E-state index < -0.39 is 0 Å². The minimum Gasteiger partial charge on any atom is -0.508 e. The lowest BCUT2D eigenvalue weighted by Gasteiger charge is -2.17. The number of methoxy groups -OCH3 is 1. The van der Waals surface area contributed by atoms with E-state index in [1.165, 1.54) is 0 Å². The van der Waals surface area contributed by atoms with Crippen molar-refractivity contribution in [2.45, 2.75) is 6.54 Å². The molecule has 1 aliphatic rings. The Morgan fingerprint density at radius 3 is 2.41 bits per heavy atom. The van der Waals surface area contributed by atoms with E-state index in [0.29, 0.717) is 22.6 Å². The number of carbonyl (C=O) groups excluding carboxylic acids is 1. The first kappa shape index (κ1) is 21.6. The quantitative estimate of drug-likeness (QED) is 0.409. The van der Waals surface area contributed by atoms with E-state index in [-0.39, 0.29) is 29.0 Å². The lowest BCUT2D eigenvalue weighted by atomic mass is 10.1. The van der Waals surface area contributed by atoms with E-state index in [2.05, 4.69) is 10.3 Å². The Kier molecular flexibility index (Phi) is 5.69. The van der Waals surface area contributed by atoms with Gasteiger partial charge in [0.05, 0.1) is 12.8 Å². The van der Waals surface area contributed by atoms with Gasteiger partial charge in [-0.25, -0.2) is 4.99 Å². The number of phenols is 1. The average Bonchev–Trinajstić information content (AvgIpc) is 3.14. The second kappa shape index (κ2) is 8.96. The first-order valence-corrected chi connectivity index (χ1v) is 11.1. The highest BCUT2D eigenvalue weighted by Gasteiger charge is 2.35. The highest BCUT2D eigenvalue weighted by atomic mass is 32.1. The molecule has 0 bridgehead atoms. The lowest BCUT2D eigenvalue weighted by Crippen LogP contribution is -2.28. The molecule has 1 aliphatic heterocycles. The summed E-state index contributed by atoms with van der Waals surface area (Å²) in [5.74, 6) is 0.624. The topological polar surface area (TPSA) is 74.2 Å². The van der Waals surface area contributed by atoms with Crippen LogP contribution in [-0.4, -0.2) is 28.9 Å². The van der Waals surface area contributed by atoms with Crippen molar-refractivity contribution in [2.75, 3.05) is 12.0 Å². The van der Waals surface area contributed by atoms with Gasteiger partial charge in [0.1, 0.15) is 17.2 Å². The number of phenolic OH excluding ortho intramolecular Hbond substituents is 1. The van der Waals surface area contributed by atoms with E-state index >= 15 is 0 Å². The third-order valence-corrected chi connectivity index (χ3v) is 5.96. The molecule has 7 heteroatoms. The molecular weight excluding hydrogens is 446 g/mol. The van der Waals surface area contributed by atoms with Crippen molar-refractivity contribution in [1.82, 2.24) is 5.32 Å². The van der Waals surface area contributed by atoms with Gasteiger partial charge in [-0.2, -0.15) is 0 Å². The third-order valence-electron chi connectivity index (χ3n) is 5.73. The summed E-state index contributed by atoms with van der Waals surface area (Å²) in [7, 11) is 1.60. The van der Waals surface area contributed by atoms with Crippen LogP contribution in [0, 0.1) is 0 Å². The van der Waals surface area contributed by atoms with Crippen LogP contribution >= 0.6 is 12.2 Å². The average molecular weight is 468 g/mol. The molecule has 0 aromatic heterocycles. The fraction of sp³-hybridized carbons (Fsp3) is 0.0741. The van der Waals surface area contributed by atoms with Crippen molar-refractivity contribution in [2.24, 2.45) is 4.99 Å². The molecule has 2 N–H and O–H groups in total. The second-order valence-electron chi connectivity index (χ2n) is 7.80. The van der Waals surface area contributed by atoms with Crippen LogP contribution in [0.15, 0.2) is 89.9 Å². The van der Waals surface area contributed by atoms with Crippen LogP contribution in [0.5, 0.6) is 11.5 Å². The van der Waals surface area contributed by atoms with E-state index in [1.807, 2.05) is 78.9 Å². The van der Waals surface area contributed by atoms with Crippen LogP contribution in [-0.2, 0) is 11.3 Å². The molecule has 34 heavy (non-hydrogen) atoms. The van der Waals surface area contributed by atoms with Crippen LogP contribution in [0.1, 0.15) is 11.1 Å². The monoisotopic (exact) mass is 467 g/mol. The number of hydrogen-bond acceptors (Lipinski definition) is 4. The summed E-state index contributed by atoms with van der Waals surface area (Å²) in [4.78, 5) is 19.4. The molecule has 0 saturated heterocycles. The number of benzene rings is 4. The molecule has 1 heterocycles. The number of amides is 1. The van der Waals surface area contributed by atoms with E-state index in [4.69, 9.17) is 17.0 Å². The first-order chi connectivity index (χ1) is 16.5. The Labute approximate surface area is 202 Å². The van der Waals surface area contributed by atoms with Gasteiger partial charge in [0.25, 0.3) is 5.91 Å². The molecule has 6 nitrogen and oxygen atoms in total. The zero-order valence-corrected chi connectivity index (χ0v) is 19.2. The fourth-order valence-electron chi connectivity index (χ4n) is 4.02. The molecule has 168 valence electrons. The summed E-state index contributed by atoms with van der Waals surface area (Å²) in [5.41, 5.74) is 3.13. The lowest BCUT2D eigenvalue weighted by molar-refractivity contribution is -0.111. The van der Waals surface area contributed by atoms with Crippen LogP contribution in [0.25, 0.3) is 10.8 Å². The van der Waals surface area contributed by atoms with Gasteiger partial charge in [-0.15, -0.1) is 0 Å². The Hall–Kier alpha value is -4.23. The van der Waals surface area contributed by atoms with E-state index in [0.717, 1.165) is 16.5 Å². The van der Waals surface area contributed by atoms with Crippen molar-refractivity contribution in [3.63, 3.8) is 0 Å². The molecule has 0 fully saturated rings. The largest absolute Gasteiger partial charge is 0.508 e. The summed E-state index contributed by atoms with van der Waals surface area (Å²) in [5, 5.41) is 15.6.